The van der Waals surface area contributed by atoms with Crippen molar-refractivity contribution in [1.29, 1.82) is 0 Å². The maximum absolute atomic E-state index is 11.1. The van der Waals surface area contributed by atoms with Crippen LogP contribution in [0.1, 0.15) is 41.9 Å². The Balaban J connectivity index is 2.37. The number of nitrogens with zero attached hydrogens (tertiary/aromatic N) is 1. The fraction of sp³-hybridized carbons (Fsp3) is 0.562. The smallest absolute Gasteiger partial charge is 0.303 e. The van der Waals surface area contributed by atoms with Gasteiger partial charge in [-0.15, -0.1) is 0 Å². The lowest BCUT2D eigenvalue weighted by Crippen LogP contribution is -2.15. The van der Waals surface area contributed by atoms with E-state index >= 15 is 0 Å². The monoisotopic (exact) mass is 277 g/mol. The number of carboxylic acid groups (broad SMARTS) is 1. The Morgan fingerprint density at radius 2 is 2.05 bits per heavy atom. The molecule has 0 bridgehead atoms. The van der Waals surface area contributed by atoms with Gasteiger partial charge < -0.3 is 15.1 Å². The van der Waals surface area contributed by atoms with E-state index in [1.54, 1.807) is 6.07 Å². The molecule has 4 heteroatoms. The summed E-state index contributed by atoms with van der Waals surface area (Å²) < 4.78 is 0. The van der Waals surface area contributed by atoms with E-state index in [4.69, 9.17) is 5.11 Å². The fourth-order valence-corrected chi connectivity index (χ4v) is 2.90. The first-order valence-corrected chi connectivity index (χ1v) is 7.08. The lowest BCUT2D eigenvalue weighted by molar-refractivity contribution is -0.137. The van der Waals surface area contributed by atoms with E-state index in [1.807, 2.05) is 32.0 Å². The van der Waals surface area contributed by atoms with Crippen molar-refractivity contribution >= 4 is 5.97 Å². The Kier molecular flexibility index (Phi) is 4.33. The third-order valence-electron chi connectivity index (χ3n) is 4.08. The first-order chi connectivity index (χ1) is 9.40. The molecule has 1 unspecified atom stereocenters. The zero-order valence-electron chi connectivity index (χ0n) is 12.4. The van der Waals surface area contributed by atoms with Crippen molar-refractivity contribution < 1.29 is 15.0 Å². The number of hydrogen-bond acceptors (Lipinski definition) is 3. The van der Waals surface area contributed by atoms with E-state index in [9.17, 15) is 9.90 Å². The first-order valence-electron chi connectivity index (χ1n) is 7.08. The van der Waals surface area contributed by atoms with Crippen molar-refractivity contribution in [3.05, 3.63) is 28.8 Å². The molecule has 4 nitrogen and oxygen atoms in total. The molecule has 1 aliphatic rings. The number of phenolic OH excluding ortho intramolecular Hbond substituents is 1. The minimum absolute atomic E-state index is 0.0778. The summed E-state index contributed by atoms with van der Waals surface area (Å²) in [6, 6.07) is 3.61. The molecule has 110 valence electrons. The minimum atomic E-state index is -0.747. The Morgan fingerprint density at radius 1 is 1.40 bits per heavy atom. The van der Waals surface area contributed by atoms with Crippen LogP contribution in [-0.2, 0) is 11.3 Å². The van der Waals surface area contributed by atoms with Crippen LogP contribution in [0.5, 0.6) is 5.75 Å². The molecular weight excluding hydrogens is 254 g/mol. The molecule has 0 saturated heterocycles. The third-order valence-corrected chi connectivity index (χ3v) is 4.08. The van der Waals surface area contributed by atoms with Gasteiger partial charge in [-0.05, 0) is 62.9 Å². The zero-order chi connectivity index (χ0) is 14.9. The summed E-state index contributed by atoms with van der Waals surface area (Å²) in [4.78, 5) is 13.1. The Labute approximate surface area is 120 Å². The number of aliphatic carboxylic acids is 1. The molecule has 0 aromatic heterocycles. The zero-order valence-corrected chi connectivity index (χ0v) is 12.4. The molecule has 1 fully saturated rings. The highest BCUT2D eigenvalue weighted by atomic mass is 16.4. The van der Waals surface area contributed by atoms with Gasteiger partial charge in [-0.3, -0.25) is 4.79 Å². The van der Waals surface area contributed by atoms with Crippen LogP contribution in [0.3, 0.4) is 0 Å². The van der Waals surface area contributed by atoms with Crippen LogP contribution in [0.15, 0.2) is 12.1 Å². The number of carbonyl (C=O) groups is 1. The van der Waals surface area contributed by atoms with Crippen LogP contribution in [0.4, 0.5) is 0 Å². The highest BCUT2D eigenvalue weighted by Gasteiger charge is 2.35. The molecule has 1 aliphatic carbocycles. The van der Waals surface area contributed by atoms with Gasteiger partial charge in [0.1, 0.15) is 5.75 Å². The topological polar surface area (TPSA) is 60.8 Å². The van der Waals surface area contributed by atoms with E-state index in [0.717, 1.165) is 29.5 Å². The molecule has 0 heterocycles. The lowest BCUT2D eigenvalue weighted by atomic mass is 9.86. The minimum Gasteiger partial charge on any atom is -0.508 e. The Hall–Kier alpha value is -1.55. The van der Waals surface area contributed by atoms with Crippen molar-refractivity contribution in [2.45, 2.75) is 38.6 Å². The summed E-state index contributed by atoms with van der Waals surface area (Å²) >= 11 is 0. The average Bonchev–Trinajstić information content (AvgIpc) is 3.16. The van der Waals surface area contributed by atoms with Gasteiger partial charge in [0.25, 0.3) is 0 Å². The summed E-state index contributed by atoms with van der Waals surface area (Å²) in [5.74, 6) is 0.115. The molecule has 2 rings (SSSR count). The normalized spacial score (nSPS) is 16.4. The number of hydrogen-bond donors (Lipinski definition) is 2. The van der Waals surface area contributed by atoms with Gasteiger partial charge in [-0.2, -0.15) is 0 Å². The number of rotatable bonds is 6. The largest absolute Gasteiger partial charge is 0.508 e. The highest BCUT2D eigenvalue weighted by molar-refractivity contribution is 5.68. The first kappa shape index (κ1) is 14.9. The summed E-state index contributed by atoms with van der Waals surface area (Å²) in [6.07, 6.45) is 2.40. The summed E-state index contributed by atoms with van der Waals surface area (Å²) in [7, 11) is 3.92. The van der Waals surface area contributed by atoms with Crippen molar-refractivity contribution in [2.75, 3.05) is 14.1 Å². The third kappa shape index (κ3) is 3.31. The highest BCUT2D eigenvalue weighted by Crippen LogP contribution is 2.46. The Bertz CT molecular complexity index is 507. The summed E-state index contributed by atoms with van der Waals surface area (Å²) in [5.41, 5.74) is 3.03. The number of benzene rings is 1. The van der Waals surface area contributed by atoms with Crippen LogP contribution in [0.2, 0.25) is 0 Å². The molecule has 1 atom stereocenters. The van der Waals surface area contributed by atoms with Gasteiger partial charge >= 0.3 is 5.97 Å². The van der Waals surface area contributed by atoms with Crippen LogP contribution < -0.4 is 0 Å². The second-order valence-corrected chi connectivity index (χ2v) is 6.06. The number of phenols is 1. The Morgan fingerprint density at radius 3 is 2.55 bits per heavy atom. The van der Waals surface area contributed by atoms with Crippen molar-refractivity contribution in [3.8, 4) is 5.75 Å². The van der Waals surface area contributed by atoms with Crippen molar-refractivity contribution in [1.82, 2.24) is 4.90 Å². The van der Waals surface area contributed by atoms with Gasteiger partial charge in [0.15, 0.2) is 0 Å². The maximum Gasteiger partial charge on any atom is 0.303 e. The van der Waals surface area contributed by atoms with Gasteiger partial charge in [0, 0.05) is 12.1 Å². The molecule has 0 spiro atoms. The quantitative estimate of drug-likeness (QED) is 0.839. The predicted molar refractivity (Wildman–Crippen MR) is 78.0 cm³/mol. The molecule has 1 aromatic carbocycles. The fourth-order valence-electron chi connectivity index (χ4n) is 2.90. The van der Waals surface area contributed by atoms with E-state index < -0.39 is 5.97 Å². The van der Waals surface area contributed by atoms with Gasteiger partial charge in [0.2, 0.25) is 0 Å². The lowest BCUT2D eigenvalue weighted by Gasteiger charge is -2.21. The van der Waals surface area contributed by atoms with Gasteiger partial charge in [0.05, 0.1) is 6.42 Å². The number of aromatic hydroxyl groups is 1. The summed E-state index contributed by atoms with van der Waals surface area (Å²) in [6.45, 7) is 2.65. The van der Waals surface area contributed by atoms with Crippen molar-refractivity contribution in [3.63, 3.8) is 0 Å². The summed E-state index contributed by atoms with van der Waals surface area (Å²) in [5, 5.41) is 19.2. The molecule has 0 aliphatic heterocycles. The van der Waals surface area contributed by atoms with Gasteiger partial charge in [-0.1, -0.05) is 6.07 Å². The standard InChI is InChI=1S/C16H23NO3/c1-10-12(13(8-16(19)20)11-4-5-11)6-7-15(18)14(10)9-17(2)3/h6-7,11,13,18H,4-5,8-9H2,1-3H3,(H,19,20). The molecule has 20 heavy (non-hydrogen) atoms. The van der Waals surface area contributed by atoms with Crippen molar-refractivity contribution in [2.24, 2.45) is 5.92 Å². The van der Waals surface area contributed by atoms with E-state index in [1.165, 1.54) is 0 Å². The second-order valence-electron chi connectivity index (χ2n) is 6.06. The molecular formula is C16H23NO3. The molecule has 1 saturated carbocycles. The molecule has 0 radical (unpaired) electrons. The van der Waals surface area contributed by atoms with Crippen LogP contribution in [0, 0.1) is 12.8 Å². The molecule has 2 N–H and O–H groups in total. The SMILES string of the molecule is Cc1c(C(CC(=O)O)C2CC2)ccc(O)c1CN(C)C. The molecule has 0 amide bonds. The van der Waals surface area contributed by atoms with Crippen LogP contribution >= 0.6 is 0 Å². The predicted octanol–water partition coefficient (Wildman–Crippen LogP) is 2.73. The van der Waals surface area contributed by atoms with E-state index in [2.05, 4.69) is 0 Å². The number of carboxylic acids is 1. The van der Waals surface area contributed by atoms with Gasteiger partial charge in [-0.25, -0.2) is 0 Å². The van der Waals surface area contributed by atoms with Crippen LogP contribution in [0.25, 0.3) is 0 Å². The molecule has 1 aromatic rings. The maximum atomic E-state index is 11.1. The van der Waals surface area contributed by atoms with E-state index in [0.29, 0.717) is 18.2 Å². The van der Waals surface area contributed by atoms with E-state index in [-0.39, 0.29) is 12.3 Å². The van der Waals surface area contributed by atoms with Crippen LogP contribution in [-0.4, -0.2) is 35.2 Å². The second kappa shape index (κ2) is 5.83. The average molecular weight is 277 g/mol.